The molecule has 70 heavy (non-hydrogen) atoms. The van der Waals surface area contributed by atoms with Gasteiger partial charge in [0.2, 0.25) is 0 Å². The number of anilines is 2. The van der Waals surface area contributed by atoms with Gasteiger partial charge in [-0.3, -0.25) is 9.59 Å². The Morgan fingerprint density at radius 1 is 0.414 bits per heavy atom. The van der Waals surface area contributed by atoms with E-state index in [9.17, 15) is 19.8 Å². The van der Waals surface area contributed by atoms with E-state index in [2.05, 4.69) is 10.6 Å². The second-order valence-corrected chi connectivity index (χ2v) is 17.1. The number of aromatic hydroxyl groups is 2. The zero-order valence-corrected chi connectivity index (χ0v) is 39.0. The SMILES string of the molecule is Cc1ccc(NC(=O)c2cc3ccccc3c(N=Nc3c(C=Cc4ccccc4)ccc(C=Cc4ccccc4)c3N=Nc3c(O)c(C(=O)Nc4ccc(C)cc4C)cc4ccccc34)c2O)c(C)c1. The van der Waals surface area contributed by atoms with Crippen LogP contribution in [0.1, 0.15) is 65.2 Å². The predicted octanol–water partition coefficient (Wildman–Crippen LogP) is 16.3. The van der Waals surface area contributed by atoms with Crippen molar-refractivity contribution in [1.29, 1.82) is 0 Å². The van der Waals surface area contributed by atoms with Gasteiger partial charge in [-0.15, -0.1) is 20.5 Å². The van der Waals surface area contributed by atoms with Crippen LogP contribution in [0, 0.1) is 27.7 Å². The van der Waals surface area contributed by atoms with Crippen LogP contribution in [-0.2, 0) is 0 Å². The van der Waals surface area contributed by atoms with Crippen molar-refractivity contribution in [1.82, 2.24) is 0 Å². The summed E-state index contributed by atoms with van der Waals surface area (Å²) in [6.45, 7) is 7.79. The van der Waals surface area contributed by atoms with E-state index in [0.717, 1.165) is 33.4 Å². The van der Waals surface area contributed by atoms with Crippen molar-refractivity contribution in [3.63, 3.8) is 0 Å². The average Bonchev–Trinajstić information content (AvgIpc) is 3.36. The van der Waals surface area contributed by atoms with Crippen molar-refractivity contribution in [2.75, 3.05) is 10.6 Å². The molecule has 0 aliphatic carbocycles. The maximum Gasteiger partial charge on any atom is 0.259 e. The van der Waals surface area contributed by atoms with Crippen molar-refractivity contribution in [3.05, 3.63) is 225 Å². The van der Waals surface area contributed by atoms with E-state index in [1.54, 1.807) is 12.1 Å². The van der Waals surface area contributed by atoms with E-state index in [4.69, 9.17) is 20.5 Å². The zero-order chi connectivity index (χ0) is 48.7. The van der Waals surface area contributed by atoms with Gasteiger partial charge in [0.15, 0.2) is 11.5 Å². The van der Waals surface area contributed by atoms with Crippen molar-refractivity contribution >= 4 is 91.8 Å². The Morgan fingerprint density at radius 2 is 0.786 bits per heavy atom. The summed E-state index contributed by atoms with van der Waals surface area (Å²) in [7, 11) is 0. The van der Waals surface area contributed by atoms with Gasteiger partial charge in [0.1, 0.15) is 22.7 Å². The number of rotatable bonds is 12. The smallest absolute Gasteiger partial charge is 0.259 e. The zero-order valence-electron chi connectivity index (χ0n) is 39.0. The molecule has 0 fully saturated rings. The molecule has 0 heterocycles. The minimum Gasteiger partial charge on any atom is -0.505 e. The van der Waals surface area contributed by atoms with E-state index >= 15 is 0 Å². The van der Waals surface area contributed by atoms with Crippen LogP contribution in [0.25, 0.3) is 45.8 Å². The molecule has 0 bridgehead atoms. The number of hydrogen-bond acceptors (Lipinski definition) is 8. The Bertz CT molecular complexity index is 3360. The predicted molar refractivity (Wildman–Crippen MR) is 284 cm³/mol. The lowest BCUT2D eigenvalue weighted by Crippen LogP contribution is -2.13. The second kappa shape index (κ2) is 20.3. The van der Waals surface area contributed by atoms with E-state index < -0.39 is 11.8 Å². The molecule has 0 unspecified atom stereocenters. The molecule has 10 heteroatoms. The fourth-order valence-corrected chi connectivity index (χ4v) is 8.26. The summed E-state index contributed by atoms with van der Waals surface area (Å²) in [6.07, 6.45) is 7.67. The molecule has 342 valence electrons. The number of benzene rings is 9. The summed E-state index contributed by atoms with van der Waals surface area (Å²) in [6, 6.07) is 52.7. The minimum absolute atomic E-state index is 0.0140. The van der Waals surface area contributed by atoms with E-state index in [-0.39, 0.29) is 45.4 Å². The van der Waals surface area contributed by atoms with Gasteiger partial charge in [0.05, 0.1) is 11.1 Å². The summed E-state index contributed by atoms with van der Waals surface area (Å²) in [5.41, 5.74) is 8.86. The Hall–Kier alpha value is -9.28. The number of carbonyl (C=O) groups is 2. The van der Waals surface area contributed by atoms with Crippen LogP contribution in [0.4, 0.5) is 34.1 Å². The normalized spacial score (nSPS) is 11.7. The molecule has 0 spiro atoms. The molecule has 9 aromatic carbocycles. The quantitative estimate of drug-likeness (QED) is 0.0713. The van der Waals surface area contributed by atoms with Gasteiger partial charge in [0.25, 0.3) is 11.8 Å². The molecular formula is C60H48N6O4. The lowest BCUT2D eigenvalue weighted by Gasteiger charge is -2.14. The number of aryl methyl sites for hydroxylation is 4. The fourth-order valence-electron chi connectivity index (χ4n) is 8.26. The van der Waals surface area contributed by atoms with Crippen LogP contribution in [0.2, 0.25) is 0 Å². The van der Waals surface area contributed by atoms with E-state index in [1.165, 1.54) is 0 Å². The first-order valence-corrected chi connectivity index (χ1v) is 22.7. The number of nitrogens with zero attached hydrogens (tertiary/aromatic N) is 4. The molecular weight excluding hydrogens is 869 g/mol. The Morgan fingerprint density at radius 3 is 1.19 bits per heavy atom. The number of amides is 2. The average molecular weight is 917 g/mol. The van der Waals surface area contributed by atoms with E-state index in [1.807, 2.05) is 210 Å². The van der Waals surface area contributed by atoms with Crippen LogP contribution in [0.5, 0.6) is 11.5 Å². The lowest BCUT2D eigenvalue weighted by atomic mass is 10.0. The molecule has 9 rings (SSSR count). The molecule has 0 radical (unpaired) electrons. The van der Waals surface area contributed by atoms with Gasteiger partial charge in [-0.05, 0) is 85.0 Å². The monoisotopic (exact) mass is 916 g/mol. The van der Waals surface area contributed by atoms with Crippen LogP contribution in [-0.4, -0.2) is 22.0 Å². The topological polar surface area (TPSA) is 148 Å². The molecule has 0 aliphatic rings. The minimum atomic E-state index is -0.516. The van der Waals surface area contributed by atoms with Gasteiger partial charge in [-0.1, -0.05) is 181 Å². The highest BCUT2D eigenvalue weighted by Crippen LogP contribution is 2.45. The number of phenols is 2. The Kier molecular flexibility index (Phi) is 13.3. The van der Waals surface area contributed by atoms with Crippen molar-refractivity contribution < 1.29 is 19.8 Å². The van der Waals surface area contributed by atoms with Gasteiger partial charge in [0, 0.05) is 33.3 Å². The largest absolute Gasteiger partial charge is 0.505 e. The molecule has 9 aromatic rings. The molecule has 0 aromatic heterocycles. The third-order valence-electron chi connectivity index (χ3n) is 12.0. The highest BCUT2D eigenvalue weighted by molar-refractivity contribution is 6.13. The lowest BCUT2D eigenvalue weighted by molar-refractivity contribution is 0.101. The van der Waals surface area contributed by atoms with Crippen LogP contribution < -0.4 is 10.6 Å². The molecule has 0 saturated carbocycles. The third-order valence-corrected chi connectivity index (χ3v) is 12.0. The fraction of sp³-hybridized carbons (Fsp3) is 0.0667. The first-order valence-electron chi connectivity index (χ1n) is 22.7. The molecule has 0 aliphatic heterocycles. The summed E-state index contributed by atoms with van der Waals surface area (Å²) in [5, 5.41) is 51.7. The number of phenolic OH excluding ortho intramolecular Hbond substituents is 2. The number of fused-ring (bicyclic) bond motifs is 2. The summed E-state index contributed by atoms with van der Waals surface area (Å²) in [5.74, 6) is -1.75. The summed E-state index contributed by atoms with van der Waals surface area (Å²) < 4.78 is 0. The van der Waals surface area contributed by atoms with Crippen molar-refractivity contribution in [2.45, 2.75) is 27.7 Å². The first kappa shape index (κ1) is 45.9. The molecule has 10 nitrogen and oxygen atoms in total. The summed E-state index contributed by atoms with van der Waals surface area (Å²) in [4.78, 5) is 28.0. The standard InChI is InChI=1S/C60H48N6O4/c1-37-23-31-51(39(3)33-37)61-59(69)49-35-45-19-11-13-21-47(45)55(57(49)67)65-63-53-43(27-25-41-15-7-5-8-16-41)29-30-44(28-26-42-17-9-6-10-18-42)54(53)64-66-56-48-22-14-12-20-46(48)36-50(58(56)68)60(70)62-52-32-24-38(2)34-40(52)4/h5-36,67-68H,1-4H3,(H,61,69)(H,62,70). The molecule has 0 atom stereocenters. The number of nitrogens with one attached hydrogen (secondary N) is 2. The number of hydrogen-bond donors (Lipinski definition) is 4. The third kappa shape index (κ3) is 10.0. The summed E-state index contributed by atoms with van der Waals surface area (Å²) >= 11 is 0. The Labute approximate surface area is 405 Å². The maximum atomic E-state index is 14.0. The van der Waals surface area contributed by atoms with Gasteiger partial charge in [-0.2, -0.15) is 0 Å². The number of azo groups is 2. The molecule has 4 N–H and O–H groups in total. The maximum absolute atomic E-state index is 14.0. The van der Waals surface area contributed by atoms with Crippen molar-refractivity contribution in [2.24, 2.45) is 20.5 Å². The van der Waals surface area contributed by atoms with Crippen LogP contribution >= 0.6 is 0 Å². The van der Waals surface area contributed by atoms with E-state index in [0.29, 0.717) is 44.0 Å². The first-order chi connectivity index (χ1) is 34.0. The number of carbonyl (C=O) groups excluding carboxylic acids is 2. The highest BCUT2D eigenvalue weighted by atomic mass is 16.3. The highest BCUT2D eigenvalue weighted by Gasteiger charge is 2.22. The molecule has 0 saturated heterocycles. The van der Waals surface area contributed by atoms with Crippen LogP contribution in [0.15, 0.2) is 190 Å². The van der Waals surface area contributed by atoms with Gasteiger partial charge < -0.3 is 20.8 Å². The Balaban J connectivity index is 1.23. The van der Waals surface area contributed by atoms with Crippen LogP contribution in [0.3, 0.4) is 0 Å². The van der Waals surface area contributed by atoms with Crippen molar-refractivity contribution in [3.8, 4) is 11.5 Å². The second-order valence-electron chi connectivity index (χ2n) is 17.1. The van der Waals surface area contributed by atoms with Gasteiger partial charge >= 0.3 is 0 Å². The van der Waals surface area contributed by atoms with Gasteiger partial charge in [-0.25, -0.2) is 0 Å². The molecule has 2 amide bonds.